The Bertz CT molecular complexity index is 817. The molecule has 5 nitrogen and oxygen atoms in total. The molecule has 1 saturated heterocycles. The fourth-order valence-electron chi connectivity index (χ4n) is 3.19. The zero-order chi connectivity index (χ0) is 17.9. The summed E-state index contributed by atoms with van der Waals surface area (Å²) in [4.78, 5) is 12.4. The van der Waals surface area contributed by atoms with E-state index < -0.39 is 9.84 Å². The molecule has 2 atom stereocenters. The lowest BCUT2D eigenvalue weighted by Gasteiger charge is -2.19. The average Bonchev–Trinajstić information content (AvgIpc) is 3.17. The van der Waals surface area contributed by atoms with Crippen molar-refractivity contribution in [3.05, 3.63) is 59.4 Å². The third kappa shape index (κ3) is 5.09. The molecule has 134 valence electrons. The Morgan fingerprint density at radius 1 is 1.24 bits per heavy atom. The van der Waals surface area contributed by atoms with Gasteiger partial charge in [0.2, 0.25) is 5.91 Å². The highest BCUT2D eigenvalue weighted by Gasteiger charge is 2.29. The van der Waals surface area contributed by atoms with Gasteiger partial charge in [0.1, 0.15) is 0 Å². The van der Waals surface area contributed by atoms with Gasteiger partial charge in [-0.25, -0.2) is 8.42 Å². The summed E-state index contributed by atoms with van der Waals surface area (Å²) in [5.74, 6) is 0.0704. The van der Waals surface area contributed by atoms with E-state index in [1.165, 1.54) is 0 Å². The Morgan fingerprint density at radius 3 is 2.52 bits per heavy atom. The van der Waals surface area contributed by atoms with Crippen molar-refractivity contribution in [2.24, 2.45) is 0 Å². The first kappa shape index (κ1) is 18.0. The Morgan fingerprint density at radius 2 is 1.92 bits per heavy atom. The minimum Gasteiger partial charge on any atom is -0.354 e. The number of benzene rings is 1. The zero-order valence-electron chi connectivity index (χ0n) is 13.8. The summed E-state index contributed by atoms with van der Waals surface area (Å²) < 4.78 is 25.1. The van der Waals surface area contributed by atoms with E-state index >= 15 is 0 Å². The number of carbonyl (C=O) groups excluding carboxylic acids is 1. The molecular formula is C18H21ClN2O3S. The van der Waals surface area contributed by atoms with E-state index in [4.69, 9.17) is 11.6 Å². The number of sulfone groups is 1. The maximum Gasteiger partial charge on any atom is 0.220 e. The number of aromatic nitrogens is 1. The summed E-state index contributed by atoms with van der Waals surface area (Å²) in [5.41, 5.74) is 1.03. The first-order valence-electron chi connectivity index (χ1n) is 8.27. The summed E-state index contributed by atoms with van der Waals surface area (Å²) in [6, 6.07) is 11.1. The minimum absolute atomic E-state index is 0.0114. The van der Waals surface area contributed by atoms with Crippen LogP contribution >= 0.6 is 11.6 Å². The number of rotatable bonds is 6. The summed E-state index contributed by atoms with van der Waals surface area (Å²) in [6.07, 6.45) is 4.72. The molecule has 2 unspecified atom stereocenters. The van der Waals surface area contributed by atoms with E-state index in [1.807, 2.05) is 53.4 Å². The molecule has 1 amide bonds. The maximum absolute atomic E-state index is 12.4. The van der Waals surface area contributed by atoms with Gasteiger partial charge in [-0.1, -0.05) is 23.7 Å². The van der Waals surface area contributed by atoms with Crippen LogP contribution in [0.3, 0.4) is 0 Å². The molecule has 25 heavy (non-hydrogen) atoms. The van der Waals surface area contributed by atoms with Crippen molar-refractivity contribution in [3.8, 4) is 0 Å². The normalized spacial score (nSPS) is 20.3. The lowest BCUT2D eigenvalue weighted by Crippen LogP contribution is -2.36. The molecule has 0 aliphatic carbocycles. The van der Waals surface area contributed by atoms with Gasteiger partial charge in [-0.15, -0.1) is 0 Å². The first-order valence-corrected chi connectivity index (χ1v) is 10.5. The molecule has 1 aromatic heterocycles. The van der Waals surface area contributed by atoms with Crippen LogP contribution in [0.5, 0.6) is 0 Å². The molecular weight excluding hydrogens is 360 g/mol. The van der Waals surface area contributed by atoms with Crippen molar-refractivity contribution in [2.75, 3.05) is 11.5 Å². The van der Waals surface area contributed by atoms with E-state index in [9.17, 15) is 13.2 Å². The van der Waals surface area contributed by atoms with Crippen molar-refractivity contribution in [1.29, 1.82) is 0 Å². The van der Waals surface area contributed by atoms with Crippen molar-refractivity contribution < 1.29 is 13.2 Å². The highest BCUT2D eigenvalue weighted by molar-refractivity contribution is 7.91. The number of amides is 1. The SMILES string of the molecule is O=C(CC(Cn1cccc1)c1ccc(Cl)cc1)NC1CCS(=O)(=O)C1. The van der Waals surface area contributed by atoms with Gasteiger partial charge in [-0.05, 0) is 36.2 Å². The van der Waals surface area contributed by atoms with E-state index in [2.05, 4.69) is 5.32 Å². The third-order valence-electron chi connectivity index (χ3n) is 4.47. The average molecular weight is 381 g/mol. The number of hydrogen-bond acceptors (Lipinski definition) is 3. The largest absolute Gasteiger partial charge is 0.354 e. The maximum atomic E-state index is 12.4. The number of carbonyl (C=O) groups is 1. The quantitative estimate of drug-likeness (QED) is 0.837. The molecule has 1 N–H and O–H groups in total. The van der Waals surface area contributed by atoms with Gasteiger partial charge < -0.3 is 9.88 Å². The Hall–Kier alpha value is -1.79. The van der Waals surface area contributed by atoms with Crippen LogP contribution in [-0.4, -0.2) is 36.4 Å². The fraction of sp³-hybridized carbons (Fsp3) is 0.389. The monoisotopic (exact) mass is 380 g/mol. The Labute approximate surface area is 152 Å². The minimum atomic E-state index is -3.00. The van der Waals surface area contributed by atoms with E-state index in [1.54, 1.807) is 0 Å². The molecule has 2 aromatic rings. The molecule has 0 bridgehead atoms. The van der Waals surface area contributed by atoms with Crippen LogP contribution in [0.25, 0.3) is 0 Å². The molecule has 1 aromatic carbocycles. The summed E-state index contributed by atoms with van der Waals surface area (Å²) in [7, 11) is -3.00. The van der Waals surface area contributed by atoms with Gasteiger partial charge >= 0.3 is 0 Å². The van der Waals surface area contributed by atoms with Crippen LogP contribution in [0, 0.1) is 0 Å². The smallest absolute Gasteiger partial charge is 0.220 e. The summed E-state index contributed by atoms with van der Waals surface area (Å²) >= 11 is 5.96. The predicted molar refractivity (Wildman–Crippen MR) is 98.4 cm³/mol. The highest BCUT2D eigenvalue weighted by atomic mass is 35.5. The van der Waals surface area contributed by atoms with Crippen molar-refractivity contribution >= 4 is 27.3 Å². The van der Waals surface area contributed by atoms with Crippen molar-refractivity contribution in [1.82, 2.24) is 9.88 Å². The van der Waals surface area contributed by atoms with Crippen LogP contribution < -0.4 is 5.32 Å². The van der Waals surface area contributed by atoms with Crippen molar-refractivity contribution in [3.63, 3.8) is 0 Å². The molecule has 2 heterocycles. The molecule has 0 spiro atoms. The predicted octanol–water partition coefficient (Wildman–Crippen LogP) is 2.62. The van der Waals surface area contributed by atoms with Crippen LogP contribution in [0.4, 0.5) is 0 Å². The van der Waals surface area contributed by atoms with E-state index in [0.29, 0.717) is 24.4 Å². The van der Waals surface area contributed by atoms with Gasteiger partial charge in [0.05, 0.1) is 11.5 Å². The summed E-state index contributed by atoms with van der Waals surface area (Å²) in [5, 5.41) is 3.53. The molecule has 1 aliphatic heterocycles. The van der Waals surface area contributed by atoms with Gasteiger partial charge in [-0.2, -0.15) is 0 Å². The van der Waals surface area contributed by atoms with Crippen LogP contribution in [0.15, 0.2) is 48.8 Å². The van der Waals surface area contributed by atoms with Crippen LogP contribution in [0.2, 0.25) is 5.02 Å². The second-order valence-electron chi connectivity index (χ2n) is 6.50. The Kier molecular flexibility index (Phi) is 5.49. The van der Waals surface area contributed by atoms with Crippen molar-refractivity contribution in [2.45, 2.75) is 31.3 Å². The van der Waals surface area contributed by atoms with Crippen LogP contribution in [-0.2, 0) is 21.2 Å². The van der Waals surface area contributed by atoms with Crippen LogP contribution in [0.1, 0.15) is 24.3 Å². The first-order chi connectivity index (χ1) is 11.9. The zero-order valence-corrected chi connectivity index (χ0v) is 15.3. The lowest BCUT2D eigenvalue weighted by molar-refractivity contribution is -0.122. The number of hydrogen-bond donors (Lipinski definition) is 1. The number of halogens is 1. The second kappa shape index (κ2) is 7.62. The third-order valence-corrected chi connectivity index (χ3v) is 6.49. The van der Waals surface area contributed by atoms with Gasteiger partial charge in [-0.3, -0.25) is 4.79 Å². The standard InChI is InChI=1S/C18H21ClN2O3S/c19-16-5-3-14(4-6-16)15(12-21-8-1-2-9-21)11-18(22)20-17-7-10-25(23,24)13-17/h1-6,8-9,15,17H,7,10-13H2,(H,20,22). The molecule has 1 aliphatic rings. The molecule has 1 fully saturated rings. The lowest BCUT2D eigenvalue weighted by atomic mass is 9.95. The molecule has 0 radical (unpaired) electrons. The Balaban J connectivity index is 1.68. The highest BCUT2D eigenvalue weighted by Crippen LogP contribution is 2.24. The molecule has 0 saturated carbocycles. The van der Waals surface area contributed by atoms with Gasteiger partial charge in [0.15, 0.2) is 9.84 Å². The van der Waals surface area contributed by atoms with E-state index in [0.717, 1.165) is 5.56 Å². The topological polar surface area (TPSA) is 68.2 Å². The molecule has 7 heteroatoms. The van der Waals surface area contributed by atoms with E-state index in [-0.39, 0.29) is 29.4 Å². The molecule has 3 rings (SSSR count). The fourth-order valence-corrected chi connectivity index (χ4v) is 4.99. The second-order valence-corrected chi connectivity index (χ2v) is 9.17. The number of nitrogens with one attached hydrogen (secondary N) is 1. The number of nitrogens with zero attached hydrogens (tertiary/aromatic N) is 1. The summed E-state index contributed by atoms with van der Waals surface area (Å²) in [6.45, 7) is 0.672. The van der Waals surface area contributed by atoms with Gasteiger partial charge in [0, 0.05) is 42.3 Å². The van der Waals surface area contributed by atoms with Gasteiger partial charge in [0.25, 0.3) is 0 Å².